The average molecular weight is 335 g/mol. The van der Waals surface area contributed by atoms with E-state index in [1.165, 1.54) is 16.7 Å². The van der Waals surface area contributed by atoms with Crippen LogP contribution in [-0.2, 0) is 10.0 Å². The molecular weight excluding hydrogens is 320 g/mol. The minimum atomic E-state index is -3.34. The maximum Gasteiger partial charge on any atom is 0.310 e. The van der Waals surface area contributed by atoms with Gasteiger partial charge in [0.1, 0.15) is 11.9 Å². The topological polar surface area (TPSA) is 96.7 Å². The molecule has 116 valence electrons. The van der Waals surface area contributed by atoms with Crippen LogP contribution in [0.3, 0.4) is 0 Å². The monoisotopic (exact) mass is 334 g/mol. The molecular formula is C11H15ClN4O4S. The number of piperazine rings is 1. The smallest absolute Gasteiger partial charge is 0.310 e. The zero-order chi connectivity index (χ0) is 15.5. The maximum atomic E-state index is 11.9. The van der Waals surface area contributed by atoms with Gasteiger partial charge < -0.3 is 4.90 Å². The van der Waals surface area contributed by atoms with Crippen LogP contribution in [0.1, 0.15) is 0 Å². The van der Waals surface area contributed by atoms with Gasteiger partial charge >= 0.3 is 5.69 Å². The normalized spacial score (nSPS) is 16.9. The number of halogens is 1. The van der Waals surface area contributed by atoms with Crippen molar-refractivity contribution in [1.29, 1.82) is 0 Å². The van der Waals surface area contributed by atoms with Crippen LogP contribution in [0, 0.1) is 10.1 Å². The highest BCUT2D eigenvalue weighted by molar-refractivity contribution is 7.89. The van der Waals surface area contributed by atoms with Gasteiger partial charge in [-0.05, 0) is 6.07 Å². The SMILES string of the molecule is O=[N+]([O-])c1cnccc1N1CCN(S(=O)(=O)CCCl)CC1. The summed E-state index contributed by atoms with van der Waals surface area (Å²) < 4.78 is 25.2. The molecule has 0 aromatic carbocycles. The number of alkyl halides is 1. The molecule has 0 atom stereocenters. The van der Waals surface area contributed by atoms with E-state index in [9.17, 15) is 18.5 Å². The molecule has 10 heteroatoms. The number of anilines is 1. The molecule has 1 saturated heterocycles. The van der Waals surface area contributed by atoms with E-state index in [0.29, 0.717) is 31.9 Å². The molecule has 0 radical (unpaired) electrons. The van der Waals surface area contributed by atoms with Gasteiger partial charge in [-0.15, -0.1) is 11.6 Å². The summed E-state index contributed by atoms with van der Waals surface area (Å²) in [6.45, 7) is 1.37. The summed E-state index contributed by atoms with van der Waals surface area (Å²) >= 11 is 5.49. The van der Waals surface area contributed by atoms with Crippen molar-refractivity contribution in [3.8, 4) is 0 Å². The van der Waals surface area contributed by atoms with Crippen molar-refractivity contribution >= 4 is 33.0 Å². The largest absolute Gasteiger partial charge is 0.363 e. The molecule has 21 heavy (non-hydrogen) atoms. The summed E-state index contributed by atoms with van der Waals surface area (Å²) in [5.74, 6) is -0.0394. The van der Waals surface area contributed by atoms with E-state index in [-0.39, 0.29) is 17.3 Å². The summed E-state index contributed by atoms with van der Waals surface area (Å²) in [5, 5.41) is 11.0. The number of aromatic nitrogens is 1. The third-order valence-corrected chi connectivity index (χ3v) is 5.57. The van der Waals surface area contributed by atoms with Crippen LogP contribution in [0.25, 0.3) is 0 Å². The molecule has 0 N–H and O–H groups in total. The number of nitro groups is 1. The number of hydrogen-bond donors (Lipinski definition) is 0. The Balaban J connectivity index is 2.10. The van der Waals surface area contributed by atoms with E-state index in [1.807, 2.05) is 0 Å². The van der Waals surface area contributed by atoms with E-state index in [2.05, 4.69) is 4.98 Å². The van der Waals surface area contributed by atoms with Crippen LogP contribution in [0.2, 0.25) is 0 Å². The van der Waals surface area contributed by atoms with E-state index in [0.717, 1.165) is 0 Å². The average Bonchev–Trinajstić information content (AvgIpc) is 2.47. The Morgan fingerprint density at radius 3 is 2.57 bits per heavy atom. The Bertz CT molecular complexity index is 616. The third kappa shape index (κ3) is 3.60. The number of sulfonamides is 1. The first-order chi connectivity index (χ1) is 9.95. The summed E-state index contributed by atoms with van der Waals surface area (Å²) in [6.07, 6.45) is 2.69. The van der Waals surface area contributed by atoms with Crippen LogP contribution >= 0.6 is 11.6 Å². The first-order valence-electron chi connectivity index (χ1n) is 6.33. The third-order valence-electron chi connectivity index (χ3n) is 3.28. The molecule has 2 rings (SSSR count). The molecule has 0 bridgehead atoms. The summed E-state index contributed by atoms with van der Waals surface area (Å²) in [4.78, 5) is 16.1. The summed E-state index contributed by atoms with van der Waals surface area (Å²) in [7, 11) is -3.34. The second kappa shape index (κ2) is 6.54. The van der Waals surface area contributed by atoms with E-state index >= 15 is 0 Å². The molecule has 1 fully saturated rings. The zero-order valence-electron chi connectivity index (χ0n) is 11.2. The van der Waals surface area contributed by atoms with Crippen molar-refractivity contribution in [3.63, 3.8) is 0 Å². The lowest BCUT2D eigenvalue weighted by Gasteiger charge is -2.34. The van der Waals surface area contributed by atoms with Crippen molar-refractivity contribution in [2.24, 2.45) is 0 Å². The molecule has 1 aliphatic heterocycles. The minimum Gasteiger partial charge on any atom is -0.363 e. The first kappa shape index (κ1) is 15.9. The van der Waals surface area contributed by atoms with Crippen LogP contribution < -0.4 is 4.90 Å². The Morgan fingerprint density at radius 1 is 1.33 bits per heavy atom. The quantitative estimate of drug-likeness (QED) is 0.446. The Labute approximate surface area is 127 Å². The molecule has 8 nitrogen and oxygen atoms in total. The lowest BCUT2D eigenvalue weighted by atomic mass is 10.2. The van der Waals surface area contributed by atoms with Gasteiger partial charge in [0, 0.05) is 38.3 Å². The minimum absolute atomic E-state index is 0.0539. The van der Waals surface area contributed by atoms with Crippen molar-refractivity contribution in [1.82, 2.24) is 9.29 Å². The second-order valence-electron chi connectivity index (χ2n) is 4.51. The van der Waals surface area contributed by atoms with Crippen molar-refractivity contribution in [2.75, 3.05) is 42.7 Å². The fourth-order valence-electron chi connectivity index (χ4n) is 2.22. The molecule has 0 aliphatic carbocycles. The zero-order valence-corrected chi connectivity index (χ0v) is 12.8. The maximum absolute atomic E-state index is 11.9. The number of pyridine rings is 1. The Hall–Kier alpha value is -1.45. The predicted octanol–water partition coefficient (Wildman–Crippen LogP) is 0.680. The van der Waals surface area contributed by atoms with Crippen LogP contribution in [0.4, 0.5) is 11.4 Å². The molecule has 0 saturated carbocycles. The number of rotatable bonds is 5. The molecule has 0 amide bonds. The van der Waals surface area contributed by atoms with Crippen molar-refractivity contribution < 1.29 is 13.3 Å². The molecule has 0 unspecified atom stereocenters. The summed E-state index contributed by atoms with van der Waals surface area (Å²) in [6, 6.07) is 1.57. The molecule has 2 heterocycles. The van der Waals surface area contributed by atoms with E-state index in [1.54, 1.807) is 11.0 Å². The van der Waals surface area contributed by atoms with Gasteiger partial charge in [-0.25, -0.2) is 8.42 Å². The lowest BCUT2D eigenvalue weighted by molar-refractivity contribution is -0.384. The van der Waals surface area contributed by atoms with E-state index < -0.39 is 14.9 Å². The highest BCUT2D eigenvalue weighted by atomic mass is 35.5. The van der Waals surface area contributed by atoms with Gasteiger partial charge in [-0.2, -0.15) is 4.31 Å². The van der Waals surface area contributed by atoms with Crippen molar-refractivity contribution in [3.05, 3.63) is 28.6 Å². The Morgan fingerprint density at radius 2 is 2.00 bits per heavy atom. The number of hydrogen-bond acceptors (Lipinski definition) is 6. The van der Waals surface area contributed by atoms with Crippen molar-refractivity contribution in [2.45, 2.75) is 0 Å². The van der Waals surface area contributed by atoms with Gasteiger partial charge in [0.05, 0.1) is 10.7 Å². The fourth-order valence-corrected chi connectivity index (χ4v) is 3.98. The highest BCUT2D eigenvalue weighted by Gasteiger charge is 2.29. The standard InChI is InChI=1S/C11H15ClN4O4S/c12-2-8-21(19,20)15-6-4-14(5-7-15)10-1-3-13-9-11(10)16(17)18/h1,3,9H,2,4-8H2. The summed E-state index contributed by atoms with van der Waals surface area (Å²) in [5.41, 5.74) is 0.388. The van der Waals surface area contributed by atoms with Gasteiger partial charge in [-0.1, -0.05) is 0 Å². The second-order valence-corrected chi connectivity index (χ2v) is 6.98. The van der Waals surface area contributed by atoms with Gasteiger partial charge in [0.15, 0.2) is 0 Å². The number of nitrogens with zero attached hydrogens (tertiary/aromatic N) is 4. The van der Waals surface area contributed by atoms with Crippen LogP contribution in [0.15, 0.2) is 18.5 Å². The van der Waals surface area contributed by atoms with E-state index in [4.69, 9.17) is 11.6 Å². The molecule has 1 aliphatic rings. The fraction of sp³-hybridized carbons (Fsp3) is 0.545. The lowest BCUT2D eigenvalue weighted by Crippen LogP contribution is -2.49. The predicted molar refractivity (Wildman–Crippen MR) is 79.2 cm³/mol. The first-order valence-corrected chi connectivity index (χ1v) is 8.47. The Kier molecular flexibility index (Phi) is 4.96. The molecule has 1 aromatic rings. The van der Waals surface area contributed by atoms with Crippen LogP contribution in [-0.4, -0.2) is 60.4 Å². The van der Waals surface area contributed by atoms with Gasteiger partial charge in [-0.3, -0.25) is 15.1 Å². The van der Waals surface area contributed by atoms with Gasteiger partial charge in [0.2, 0.25) is 10.0 Å². The van der Waals surface area contributed by atoms with Gasteiger partial charge in [0.25, 0.3) is 0 Å². The highest BCUT2D eigenvalue weighted by Crippen LogP contribution is 2.27. The van der Waals surface area contributed by atoms with Crippen LogP contribution in [0.5, 0.6) is 0 Å². The molecule has 1 aromatic heterocycles. The molecule has 0 spiro atoms.